The lowest BCUT2D eigenvalue weighted by Crippen LogP contribution is -2.28. The van der Waals surface area contributed by atoms with Crippen LogP contribution in [0.1, 0.15) is 90.4 Å². The van der Waals surface area contributed by atoms with Crippen LogP contribution in [0.4, 0.5) is 0 Å². The molecule has 2 N–H and O–H groups in total. The second-order valence-corrected chi connectivity index (χ2v) is 7.40. The molecule has 0 aliphatic carbocycles. The number of ether oxygens (including phenoxy) is 2. The molecule has 0 aromatic rings. The summed E-state index contributed by atoms with van der Waals surface area (Å²) in [6, 6.07) is 0. The molecule has 0 aromatic carbocycles. The molecule has 0 heterocycles. The van der Waals surface area contributed by atoms with Gasteiger partial charge in [0.25, 0.3) is 0 Å². The van der Waals surface area contributed by atoms with Crippen molar-refractivity contribution < 1.29 is 28.2 Å². The summed E-state index contributed by atoms with van der Waals surface area (Å²) in [5.74, 6) is -0.668. The van der Waals surface area contributed by atoms with Gasteiger partial charge in [-0.2, -0.15) is 0 Å². The van der Waals surface area contributed by atoms with Gasteiger partial charge in [-0.3, -0.25) is 14.1 Å². The molecule has 0 spiro atoms. The van der Waals surface area contributed by atoms with E-state index in [-0.39, 0.29) is 25.2 Å². The molecule has 0 saturated heterocycles. The van der Waals surface area contributed by atoms with Crippen molar-refractivity contribution in [1.82, 2.24) is 0 Å². The van der Waals surface area contributed by atoms with E-state index in [1.807, 2.05) is 0 Å². The third-order valence-electron chi connectivity index (χ3n) is 4.36. The summed E-state index contributed by atoms with van der Waals surface area (Å²) in [5.41, 5.74) is 5.44. The molecule has 28 heavy (non-hydrogen) atoms. The maximum absolute atomic E-state index is 11.9. The van der Waals surface area contributed by atoms with E-state index in [4.69, 9.17) is 19.7 Å². The van der Waals surface area contributed by atoms with E-state index in [2.05, 4.69) is 6.92 Å². The molecule has 0 aliphatic rings. The van der Waals surface area contributed by atoms with Gasteiger partial charge in [0.2, 0.25) is 0 Å². The number of rotatable bonds is 20. The van der Waals surface area contributed by atoms with Gasteiger partial charge in [-0.05, 0) is 25.8 Å². The minimum absolute atomic E-state index is 0.0698. The molecule has 0 bridgehead atoms. The number of hydrogen-bond acceptors (Lipinski definition) is 7. The van der Waals surface area contributed by atoms with E-state index in [0.29, 0.717) is 19.4 Å². The van der Waals surface area contributed by atoms with Gasteiger partial charge in [-0.15, -0.1) is 0 Å². The molecule has 0 unspecified atom stereocenters. The third kappa shape index (κ3) is 18.3. The van der Waals surface area contributed by atoms with Crippen LogP contribution in [0.15, 0.2) is 0 Å². The number of carbonyl (C=O) groups is 2. The first-order chi connectivity index (χ1) is 13.6. The smallest absolute Gasteiger partial charge is 0.327 e. The van der Waals surface area contributed by atoms with Crippen LogP contribution >= 0.6 is 8.69 Å². The van der Waals surface area contributed by atoms with Gasteiger partial charge in [0, 0.05) is 12.8 Å². The molecule has 0 fully saturated rings. The van der Waals surface area contributed by atoms with Crippen molar-refractivity contribution in [2.24, 2.45) is 5.73 Å². The number of esters is 2. The van der Waals surface area contributed by atoms with Gasteiger partial charge in [0.15, 0.2) is 6.10 Å². The maximum Gasteiger partial charge on any atom is 0.327 e. The molecule has 0 amide bonds. The Balaban J connectivity index is 3.96. The van der Waals surface area contributed by atoms with E-state index in [1.54, 1.807) is 0 Å². The Morgan fingerprint density at radius 1 is 0.821 bits per heavy atom. The highest BCUT2D eigenvalue weighted by atomic mass is 31.1. The van der Waals surface area contributed by atoms with Crippen LogP contribution in [0, 0.1) is 0 Å². The van der Waals surface area contributed by atoms with Gasteiger partial charge in [-0.1, -0.05) is 58.3 Å². The summed E-state index contributed by atoms with van der Waals surface area (Å²) < 4.78 is 25.8. The minimum Gasteiger partial charge on any atom is -0.462 e. The van der Waals surface area contributed by atoms with E-state index in [9.17, 15) is 14.2 Å². The van der Waals surface area contributed by atoms with E-state index in [1.165, 1.54) is 19.3 Å². The van der Waals surface area contributed by atoms with Crippen molar-refractivity contribution in [3.63, 3.8) is 0 Å². The summed E-state index contributed by atoms with van der Waals surface area (Å²) in [7, 11) is -0.496. The monoisotopic (exact) mass is 419 g/mol. The largest absolute Gasteiger partial charge is 0.462 e. The Labute approximate surface area is 171 Å². The van der Waals surface area contributed by atoms with Crippen molar-refractivity contribution in [3.05, 3.63) is 0 Å². The van der Waals surface area contributed by atoms with Crippen molar-refractivity contribution in [2.45, 2.75) is 96.5 Å². The molecule has 164 valence electrons. The highest BCUT2D eigenvalue weighted by molar-refractivity contribution is 7.17. The lowest BCUT2D eigenvalue weighted by atomic mass is 10.1. The molecular formula is C20H38NO6P. The van der Waals surface area contributed by atoms with E-state index >= 15 is 0 Å². The summed E-state index contributed by atoms with van der Waals surface area (Å²) in [4.78, 5) is 23.7. The van der Waals surface area contributed by atoms with Crippen LogP contribution in [0.3, 0.4) is 0 Å². The number of hydrogen-bond donors (Lipinski definition) is 1. The number of carbonyl (C=O) groups excluding carboxylic acids is 2. The summed E-state index contributed by atoms with van der Waals surface area (Å²) in [5, 5.41) is 0. The Hall–Kier alpha value is -1.04. The highest BCUT2D eigenvalue weighted by Crippen LogP contribution is 2.10. The molecule has 0 rings (SSSR count). The van der Waals surface area contributed by atoms with Crippen LogP contribution in [-0.2, 0) is 28.2 Å². The lowest BCUT2D eigenvalue weighted by Gasteiger charge is -2.16. The molecule has 0 aromatic heterocycles. The van der Waals surface area contributed by atoms with Gasteiger partial charge in [0.1, 0.15) is 13.2 Å². The average Bonchev–Trinajstić information content (AvgIpc) is 2.69. The lowest BCUT2D eigenvalue weighted by molar-refractivity contribution is -0.160. The Bertz CT molecular complexity index is 408. The first-order valence-corrected chi connectivity index (χ1v) is 11.4. The van der Waals surface area contributed by atoms with Gasteiger partial charge in [-0.25, -0.2) is 4.57 Å². The molecule has 0 aliphatic heterocycles. The zero-order valence-corrected chi connectivity index (χ0v) is 18.3. The van der Waals surface area contributed by atoms with Crippen LogP contribution in [0.5, 0.6) is 0 Å². The third-order valence-corrected chi connectivity index (χ3v) is 4.62. The Morgan fingerprint density at radius 3 is 2.00 bits per heavy atom. The Kier molecular flexibility index (Phi) is 19.9. The van der Waals surface area contributed by atoms with Crippen LogP contribution in [-0.4, -0.2) is 37.8 Å². The summed E-state index contributed by atoms with van der Waals surface area (Å²) in [6.45, 7) is 2.71. The van der Waals surface area contributed by atoms with Crippen LogP contribution in [0.25, 0.3) is 0 Å². The van der Waals surface area contributed by atoms with Gasteiger partial charge >= 0.3 is 20.6 Å². The fraction of sp³-hybridized carbons (Fsp3) is 0.900. The Morgan fingerprint density at radius 2 is 1.39 bits per heavy atom. The molecule has 0 saturated carbocycles. The van der Waals surface area contributed by atoms with Gasteiger partial charge < -0.3 is 15.2 Å². The quantitative estimate of drug-likeness (QED) is 0.173. The predicted molar refractivity (Wildman–Crippen MR) is 109 cm³/mol. The predicted octanol–water partition coefficient (Wildman–Crippen LogP) is 4.71. The SMILES string of the molecule is CCCCCCCCC(=O)O[C@H](COP=O)COC(=O)CCCCCCCN. The first kappa shape index (κ1) is 27.0. The van der Waals surface area contributed by atoms with E-state index < -0.39 is 14.8 Å². The molecule has 8 heteroatoms. The maximum atomic E-state index is 11.9. The standard InChI is InChI=1S/C20H38NO6P/c1-2-3-4-5-7-11-14-20(23)27-18(17-26-28-24)16-25-19(22)13-10-8-6-9-12-15-21/h18H,2-17,21H2,1H3/t18-/m0/s1. The number of unbranched alkanes of at least 4 members (excludes halogenated alkanes) is 9. The highest BCUT2D eigenvalue weighted by Gasteiger charge is 2.17. The minimum atomic E-state index is -0.734. The van der Waals surface area contributed by atoms with Crippen molar-refractivity contribution in [2.75, 3.05) is 19.8 Å². The van der Waals surface area contributed by atoms with Crippen molar-refractivity contribution in [1.29, 1.82) is 0 Å². The normalized spacial score (nSPS) is 12.1. The fourth-order valence-electron chi connectivity index (χ4n) is 2.73. The average molecular weight is 419 g/mol. The van der Waals surface area contributed by atoms with Crippen LogP contribution in [0.2, 0.25) is 0 Å². The van der Waals surface area contributed by atoms with Crippen LogP contribution < -0.4 is 5.73 Å². The summed E-state index contributed by atoms with van der Waals surface area (Å²) in [6.07, 6.45) is 11.3. The zero-order chi connectivity index (χ0) is 20.9. The molecular weight excluding hydrogens is 381 g/mol. The molecule has 1 atom stereocenters. The van der Waals surface area contributed by atoms with Gasteiger partial charge in [0.05, 0.1) is 0 Å². The van der Waals surface area contributed by atoms with E-state index in [0.717, 1.165) is 51.4 Å². The molecule has 7 nitrogen and oxygen atoms in total. The zero-order valence-electron chi connectivity index (χ0n) is 17.4. The topological polar surface area (TPSA) is 105 Å². The second-order valence-electron chi connectivity index (χ2n) is 6.99. The molecule has 0 radical (unpaired) electrons. The number of nitrogens with two attached hydrogens (primary N) is 1. The second kappa shape index (κ2) is 20.7. The first-order valence-electron chi connectivity index (χ1n) is 10.6. The van der Waals surface area contributed by atoms with Crippen molar-refractivity contribution in [3.8, 4) is 0 Å². The fourth-order valence-corrected chi connectivity index (χ4v) is 2.95. The summed E-state index contributed by atoms with van der Waals surface area (Å²) >= 11 is 0. The van der Waals surface area contributed by atoms with Crippen molar-refractivity contribution >= 4 is 20.6 Å².